The summed E-state index contributed by atoms with van der Waals surface area (Å²) in [7, 11) is 0. The van der Waals surface area contributed by atoms with E-state index < -0.39 is 5.60 Å². The van der Waals surface area contributed by atoms with Crippen molar-refractivity contribution in [1.29, 1.82) is 0 Å². The van der Waals surface area contributed by atoms with Crippen LogP contribution in [0.3, 0.4) is 0 Å². The van der Waals surface area contributed by atoms with Gasteiger partial charge in [0.1, 0.15) is 0 Å². The third-order valence-electron chi connectivity index (χ3n) is 8.24. The van der Waals surface area contributed by atoms with Crippen LogP contribution in [0.1, 0.15) is 88.4 Å². The molecule has 3 atom stereocenters. The first-order valence-electron chi connectivity index (χ1n) is 13.5. The first-order valence-corrected chi connectivity index (χ1v) is 13.5. The molecule has 2 aromatic rings. The van der Waals surface area contributed by atoms with Gasteiger partial charge in [-0.3, -0.25) is 4.79 Å². The third kappa shape index (κ3) is 5.48. The van der Waals surface area contributed by atoms with Crippen molar-refractivity contribution in [2.24, 2.45) is 5.92 Å². The minimum atomic E-state index is -0.673. The second-order valence-corrected chi connectivity index (χ2v) is 10.6. The van der Waals surface area contributed by atoms with Gasteiger partial charge in [0, 0.05) is 37.3 Å². The number of carbonyl (C=O) groups is 1. The summed E-state index contributed by atoms with van der Waals surface area (Å²) in [5, 5.41) is 11.6. The van der Waals surface area contributed by atoms with Gasteiger partial charge in [-0.1, -0.05) is 63.1 Å². The van der Waals surface area contributed by atoms with Crippen LogP contribution in [0, 0.1) is 5.92 Å². The van der Waals surface area contributed by atoms with Gasteiger partial charge in [-0.2, -0.15) is 0 Å². The molecule has 1 amide bonds. The highest BCUT2D eigenvalue weighted by atomic mass is 16.3. The molecule has 0 spiro atoms. The van der Waals surface area contributed by atoms with Crippen molar-refractivity contribution in [3.63, 3.8) is 0 Å². The van der Waals surface area contributed by atoms with Gasteiger partial charge in [0.15, 0.2) is 0 Å². The van der Waals surface area contributed by atoms with Crippen molar-refractivity contribution >= 4 is 17.7 Å². The maximum atomic E-state index is 13.5. The molecular formula is C31H42N2O2. The first-order chi connectivity index (χ1) is 16.9. The first kappa shape index (κ1) is 25.5. The smallest absolute Gasteiger partial charge is 0.247 e. The van der Waals surface area contributed by atoms with E-state index in [2.05, 4.69) is 81.1 Å². The summed E-state index contributed by atoms with van der Waals surface area (Å²) < 4.78 is 0. The van der Waals surface area contributed by atoms with Gasteiger partial charge in [-0.25, -0.2) is 0 Å². The maximum Gasteiger partial charge on any atom is 0.247 e. The summed E-state index contributed by atoms with van der Waals surface area (Å²) in [6, 6.07) is 17.0. The van der Waals surface area contributed by atoms with Gasteiger partial charge >= 0.3 is 0 Å². The van der Waals surface area contributed by atoms with Gasteiger partial charge in [-0.15, -0.1) is 0 Å². The van der Waals surface area contributed by atoms with Crippen LogP contribution in [0.5, 0.6) is 0 Å². The Hall–Kier alpha value is -2.59. The summed E-state index contributed by atoms with van der Waals surface area (Å²) >= 11 is 0. The lowest BCUT2D eigenvalue weighted by molar-refractivity contribution is -0.150. The molecule has 188 valence electrons. The molecule has 1 aliphatic heterocycles. The largest absolute Gasteiger partial charge is 0.389 e. The zero-order chi connectivity index (χ0) is 25.0. The molecule has 0 radical (unpaired) electrons. The fourth-order valence-corrected chi connectivity index (χ4v) is 6.07. The predicted molar refractivity (Wildman–Crippen MR) is 146 cm³/mol. The Bertz CT molecular complexity index is 1010. The molecule has 1 heterocycles. The van der Waals surface area contributed by atoms with E-state index in [-0.39, 0.29) is 17.9 Å². The molecule has 35 heavy (non-hydrogen) atoms. The topological polar surface area (TPSA) is 43.8 Å². The number of hydrogen-bond donors (Lipinski definition) is 1. The number of likely N-dealkylation sites (tertiary alicyclic amines) is 1. The molecule has 0 aromatic heterocycles. The number of fused-ring (bicyclic) bond motifs is 1. The molecular weight excluding hydrogens is 432 g/mol. The maximum absolute atomic E-state index is 13.5. The van der Waals surface area contributed by atoms with Gasteiger partial charge in [0.2, 0.25) is 5.91 Å². The molecule has 1 aliphatic carbocycles. The van der Waals surface area contributed by atoms with Crippen LogP contribution in [0.2, 0.25) is 0 Å². The van der Waals surface area contributed by atoms with Crippen molar-refractivity contribution in [3.8, 4) is 0 Å². The Labute approximate surface area is 211 Å². The van der Waals surface area contributed by atoms with Crippen molar-refractivity contribution in [1.82, 2.24) is 4.90 Å². The van der Waals surface area contributed by atoms with Crippen LogP contribution < -0.4 is 4.90 Å². The highest BCUT2D eigenvalue weighted by Crippen LogP contribution is 2.49. The number of benzene rings is 2. The van der Waals surface area contributed by atoms with Crippen LogP contribution >= 0.6 is 0 Å². The molecule has 1 N–H and O–H groups in total. The fraction of sp³-hybridized carbons (Fsp3) is 0.516. The van der Waals surface area contributed by atoms with E-state index in [1.54, 1.807) is 6.08 Å². The number of piperidine rings is 1. The van der Waals surface area contributed by atoms with Gasteiger partial charge in [-0.05, 0) is 73.9 Å². The van der Waals surface area contributed by atoms with Crippen molar-refractivity contribution in [2.45, 2.75) is 77.4 Å². The number of anilines is 1. The molecule has 4 nitrogen and oxygen atoms in total. The lowest BCUT2D eigenvalue weighted by Gasteiger charge is -2.52. The molecule has 2 fully saturated rings. The highest BCUT2D eigenvalue weighted by molar-refractivity contribution is 5.92. The Morgan fingerprint density at radius 3 is 2.37 bits per heavy atom. The molecule has 4 heteroatoms. The van der Waals surface area contributed by atoms with E-state index in [0.29, 0.717) is 18.9 Å². The lowest BCUT2D eigenvalue weighted by atomic mass is 9.66. The number of rotatable bonds is 7. The van der Waals surface area contributed by atoms with Crippen LogP contribution in [-0.4, -0.2) is 41.1 Å². The molecule has 2 aliphatic rings. The lowest BCUT2D eigenvalue weighted by Crippen LogP contribution is -2.56. The molecule has 2 aromatic carbocycles. The number of amides is 1. The third-order valence-corrected chi connectivity index (χ3v) is 8.24. The minimum absolute atomic E-state index is 0.0309. The van der Waals surface area contributed by atoms with Crippen LogP contribution in [0.4, 0.5) is 5.69 Å². The zero-order valence-corrected chi connectivity index (χ0v) is 21.9. The van der Waals surface area contributed by atoms with Gasteiger partial charge in [0.25, 0.3) is 0 Å². The van der Waals surface area contributed by atoms with E-state index >= 15 is 0 Å². The van der Waals surface area contributed by atoms with E-state index in [0.717, 1.165) is 49.9 Å². The second kappa shape index (κ2) is 11.0. The Balaban J connectivity index is 1.61. The quantitative estimate of drug-likeness (QED) is 0.462. The fourth-order valence-electron chi connectivity index (χ4n) is 6.07. The standard InChI is InChI=1S/C31H42N2O2/c1-5-32(6-2)27-17-15-26(16-18-27)30-28-9-7-8-20-31(28,35)21-22-33(30)29(34)19-12-24-10-13-25(14-11-24)23(3)4/h10-19,23,28,30,35H,5-9,20-22H2,1-4H3/b19-12+. The average molecular weight is 475 g/mol. The normalized spacial score (nSPS) is 24.6. The molecule has 1 saturated heterocycles. The van der Waals surface area contributed by atoms with Gasteiger partial charge in [0.05, 0.1) is 11.6 Å². The molecule has 4 rings (SSSR count). The number of aliphatic hydroxyl groups is 1. The number of hydrogen-bond acceptors (Lipinski definition) is 3. The summed E-state index contributed by atoms with van der Waals surface area (Å²) in [5.74, 6) is 0.599. The van der Waals surface area contributed by atoms with E-state index in [9.17, 15) is 9.90 Å². The Morgan fingerprint density at radius 1 is 1.06 bits per heavy atom. The van der Waals surface area contributed by atoms with Crippen LogP contribution in [-0.2, 0) is 4.79 Å². The average Bonchev–Trinajstić information content (AvgIpc) is 2.87. The summed E-state index contributed by atoms with van der Waals surface area (Å²) in [6.07, 6.45) is 8.29. The van der Waals surface area contributed by atoms with Crippen molar-refractivity contribution < 1.29 is 9.90 Å². The van der Waals surface area contributed by atoms with Crippen LogP contribution in [0.15, 0.2) is 54.6 Å². The SMILES string of the molecule is CCN(CC)c1ccc(C2C3CCCCC3(O)CCN2C(=O)/C=C/c2ccc(C(C)C)cc2)cc1. The molecule has 3 unspecified atom stereocenters. The van der Waals surface area contributed by atoms with E-state index in [1.807, 2.05) is 11.0 Å². The van der Waals surface area contributed by atoms with Crippen LogP contribution in [0.25, 0.3) is 6.08 Å². The zero-order valence-electron chi connectivity index (χ0n) is 21.9. The molecule has 1 saturated carbocycles. The predicted octanol–water partition coefficient (Wildman–Crippen LogP) is 6.56. The van der Waals surface area contributed by atoms with E-state index in [4.69, 9.17) is 0 Å². The summed E-state index contributed by atoms with van der Waals surface area (Å²) in [4.78, 5) is 17.9. The number of nitrogens with zero attached hydrogens (tertiary/aromatic N) is 2. The van der Waals surface area contributed by atoms with Crippen molar-refractivity contribution in [2.75, 3.05) is 24.5 Å². The second-order valence-electron chi connectivity index (χ2n) is 10.6. The highest BCUT2D eigenvalue weighted by Gasteiger charge is 2.49. The number of carbonyl (C=O) groups excluding carboxylic acids is 1. The minimum Gasteiger partial charge on any atom is -0.389 e. The Kier molecular flexibility index (Phi) is 8.01. The van der Waals surface area contributed by atoms with Crippen molar-refractivity contribution in [3.05, 3.63) is 71.3 Å². The summed E-state index contributed by atoms with van der Waals surface area (Å²) in [5.41, 5.74) is 4.00. The summed E-state index contributed by atoms with van der Waals surface area (Å²) in [6.45, 7) is 11.2. The van der Waals surface area contributed by atoms with E-state index in [1.165, 1.54) is 11.3 Å². The van der Waals surface area contributed by atoms with Gasteiger partial charge < -0.3 is 14.9 Å². The molecule has 0 bridgehead atoms. The monoisotopic (exact) mass is 474 g/mol. The Morgan fingerprint density at radius 2 is 1.74 bits per heavy atom.